The third-order valence-electron chi connectivity index (χ3n) is 8.00. The maximum Gasteiger partial charge on any atom is 0.490 e. The number of nitrogen functional groups attached to an aromatic ring is 1. The summed E-state index contributed by atoms with van der Waals surface area (Å²) in [6, 6.07) is 4.62. The largest absolute Gasteiger partial charge is 0.490 e. The number of sulfonamides is 1. The zero-order chi connectivity index (χ0) is 32.3. The molecule has 4 fully saturated rings. The quantitative estimate of drug-likeness (QED) is 0.341. The fraction of sp³-hybridized carbons (Fsp3) is 0.500. The minimum Gasteiger partial charge on any atom is -0.475 e. The van der Waals surface area contributed by atoms with E-state index >= 15 is 0 Å². The van der Waals surface area contributed by atoms with Crippen LogP contribution >= 0.6 is 0 Å². The molecule has 3 aromatic rings. The first kappa shape index (κ1) is 31.9. The Hall–Kier alpha value is -3.48. The number of aliphatic carboxylic acids is 1. The van der Waals surface area contributed by atoms with Gasteiger partial charge >= 0.3 is 18.3 Å². The molecule has 3 saturated carbocycles. The van der Waals surface area contributed by atoms with E-state index in [0.717, 1.165) is 58.3 Å². The van der Waals surface area contributed by atoms with E-state index in [0.29, 0.717) is 16.8 Å². The number of hydrogen-bond donors (Lipinski definition) is 3. The molecule has 4 aliphatic rings. The molecule has 44 heavy (non-hydrogen) atoms. The summed E-state index contributed by atoms with van der Waals surface area (Å²) in [6.07, 6.45) is -5.19. The predicted octanol–water partition coefficient (Wildman–Crippen LogP) is 3.47. The summed E-state index contributed by atoms with van der Waals surface area (Å²) in [5, 5.41) is 7.12. The number of anilines is 1. The molecule has 240 valence electrons. The Morgan fingerprint density at radius 3 is 2.32 bits per heavy atom. The van der Waals surface area contributed by atoms with Crippen molar-refractivity contribution in [1.82, 2.24) is 24.0 Å². The van der Waals surface area contributed by atoms with Crippen LogP contribution in [0.5, 0.6) is 0 Å². The number of morpholine rings is 1. The smallest absolute Gasteiger partial charge is 0.475 e. The van der Waals surface area contributed by atoms with Gasteiger partial charge in [0.05, 0.1) is 30.0 Å². The maximum absolute atomic E-state index is 13.4. The van der Waals surface area contributed by atoms with Crippen LogP contribution in [0.2, 0.25) is 0 Å². The van der Waals surface area contributed by atoms with E-state index in [1.54, 1.807) is 13.0 Å². The molecular formula is C26H28F6N6O5S. The molecule has 2 bridgehead atoms. The molecule has 4 N–H and O–H groups in total. The van der Waals surface area contributed by atoms with Crippen molar-refractivity contribution in [2.45, 2.75) is 49.0 Å². The van der Waals surface area contributed by atoms with Crippen LogP contribution in [0.4, 0.5) is 32.2 Å². The van der Waals surface area contributed by atoms with Crippen molar-refractivity contribution in [3.05, 3.63) is 41.9 Å². The van der Waals surface area contributed by atoms with Crippen LogP contribution in [0.15, 0.2) is 35.5 Å². The van der Waals surface area contributed by atoms with Gasteiger partial charge in [-0.2, -0.15) is 26.3 Å². The van der Waals surface area contributed by atoms with E-state index < -0.39 is 39.6 Å². The molecule has 1 aromatic carbocycles. The second kappa shape index (κ2) is 10.8. The lowest BCUT2D eigenvalue weighted by Gasteiger charge is -2.71. The molecule has 3 aliphatic carbocycles. The molecule has 7 rings (SSSR count). The molecule has 2 aromatic heterocycles. The zero-order valence-electron chi connectivity index (χ0n) is 23.2. The number of halogens is 6. The third kappa shape index (κ3) is 6.20. The van der Waals surface area contributed by atoms with Crippen LogP contribution < -0.4 is 10.5 Å². The number of fused-ring (bicyclic) bond motifs is 1. The third-order valence-corrected chi connectivity index (χ3v) is 9.58. The van der Waals surface area contributed by atoms with Gasteiger partial charge in [0.1, 0.15) is 0 Å². The van der Waals surface area contributed by atoms with E-state index in [9.17, 15) is 34.8 Å². The van der Waals surface area contributed by atoms with Crippen molar-refractivity contribution < 1.29 is 49.4 Å². The van der Waals surface area contributed by atoms with Crippen molar-refractivity contribution >= 4 is 27.5 Å². The number of rotatable bonds is 6. The molecule has 0 unspecified atom stereocenters. The lowest BCUT2D eigenvalue weighted by Crippen LogP contribution is -2.76. The van der Waals surface area contributed by atoms with E-state index in [1.807, 2.05) is 0 Å². The second-order valence-electron chi connectivity index (χ2n) is 11.4. The van der Waals surface area contributed by atoms with Crippen molar-refractivity contribution in [3.63, 3.8) is 0 Å². The topological polar surface area (TPSA) is 152 Å². The van der Waals surface area contributed by atoms with Crippen molar-refractivity contribution in [2.75, 3.05) is 38.6 Å². The zero-order valence-corrected chi connectivity index (χ0v) is 24.0. The van der Waals surface area contributed by atoms with Crippen molar-refractivity contribution in [1.29, 1.82) is 0 Å². The van der Waals surface area contributed by atoms with Gasteiger partial charge in [0.25, 0.3) is 0 Å². The summed E-state index contributed by atoms with van der Waals surface area (Å²) < 4.78 is 108. The Bertz CT molecular complexity index is 1680. The van der Waals surface area contributed by atoms with Gasteiger partial charge < -0.3 is 15.6 Å². The summed E-state index contributed by atoms with van der Waals surface area (Å²) in [4.78, 5) is 18.9. The first-order valence-corrected chi connectivity index (χ1v) is 14.8. The molecule has 1 aliphatic heterocycles. The summed E-state index contributed by atoms with van der Waals surface area (Å²) >= 11 is 0. The molecule has 18 heteroatoms. The van der Waals surface area contributed by atoms with Gasteiger partial charge in [-0.25, -0.2) is 27.9 Å². The van der Waals surface area contributed by atoms with Gasteiger partial charge in [-0.3, -0.25) is 9.30 Å². The summed E-state index contributed by atoms with van der Waals surface area (Å²) in [5.41, 5.74) is 5.79. The Morgan fingerprint density at radius 2 is 1.75 bits per heavy atom. The highest BCUT2D eigenvalue weighted by Gasteiger charge is 2.69. The van der Waals surface area contributed by atoms with Crippen LogP contribution in [0.25, 0.3) is 16.9 Å². The highest BCUT2D eigenvalue weighted by Crippen LogP contribution is 2.67. The minimum absolute atomic E-state index is 0.0491. The molecule has 3 heterocycles. The lowest BCUT2D eigenvalue weighted by molar-refractivity contribution is -0.192. The van der Waals surface area contributed by atoms with Gasteiger partial charge in [0.2, 0.25) is 10.0 Å². The predicted molar refractivity (Wildman–Crippen MR) is 143 cm³/mol. The Kier molecular flexibility index (Phi) is 7.87. The van der Waals surface area contributed by atoms with Gasteiger partial charge in [-0.1, -0.05) is 6.07 Å². The highest BCUT2D eigenvalue weighted by atomic mass is 32.2. The number of nitrogens with one attached hydrogen (secondary N) is 1. The van der Waals surface area contributed by atoms with Crippen molar-refractivity contribution in [3.8, 4) is 11.3 Å². The number of aromatic nitrogens is 3. The summed E-state index contributed by atoms with van der Waals surface area (Å²) in [6.45, 7) is 5.99. The fourth-order valence-corrected chi connectivity index (χ4v) is 7.67. The number of carbonyl (C=O) groups is 1. The Labute approximate surface area is 247 Å². The molecule has 0 atom stereocenters. The first-order valence-electron chi connectivity index (χ1n) is 13.3. The van der Waals surface area contributed by atoms with E-state index in [2.05, 4.69) is 19.6 Å². The van der Waals surface area contributed by atoms with Crippen LogP contribution in [0, 0.1) is 12.3 Å². The average Bonchev–Trinajstić information content (AvgIpc) is 3.31. The number of benzene rings is 1. The van der Waals surface area contributed by atoms with Gasteiger partial charge in [-0.15, -0.1) is 0 Å². The van der Waals surface area contributed by atoms with Crippen LogP contribution in [-0.2, 0) is 25.7 Å². The number of nitrogens with zero attached hydrogens (tertiary/aromatic N) is 4. The second-order valence-corrected chi connectivity index (χ2v) is 13.1. The molecule has 0 spiro atoms. The molecule has 0 amide bonds. The maximum atomic E-state index is 13.4. The van der Waals surface area contributed by atoms with Crippen LogP contribution in [-0.4, -0.2) is 83.3 Å². The lowest BCUT2D eigenvalue weighted by atomic mass is 9.39. The van der Waals surface area contributed by atoms with Crippen molar-refractivity contribution in [2.24, 2.45) is 5.41 Å². The van der Waals surface area contributed by atoms with E-state index in [4.69, 9.17) is 20.4 Å². The van der Waals surface area contributed by atoms with E-state index in [1.165, 1.54) is 22.7 Å². The normalized spacial score (nSPS) is 23.8. The first-order chi connectivity index (χ1) is 20.3. The number of imidazole rings is 1. The SMILES string of the molecule is Cc1ccc(S(=O)(=O)NC23CC(CN4CCOCC4)(C2)C3)cc1-c1cnc2c(N)nc(C(F)(F)F)cn12.O=C(O)C(F)(F)F. The number of carboxylic acids is 1. The highest BCUT2D eigenvalue weighted by molar-refractivity contribution is 7.89. The fourth-order valence-electron chi connectivity index (χ4n) is 6.24. The number of hydrogen-bond acceptors (Lipinski definition) is 8. The van der Waals surface area contributed by atoms with E-state index in [-0.39, 0.29) is 21.8 Å². The van der Waals surface area contributed by atoms with Crippen LogP contribution in [0.1, 0.15) is 30.5 Å². The summed E-state index contributed by atoms with van der Waals surface area (Å²) in [5.74, 6) is -3.12. The monoisotopic (exact) mass is 650 g/mol. The Morgan fingerprint density at radius 1 is 1.14 bits per heavy atom. The van der Waals surface area contributed by atoms with Gasteiger partial charge in [0.15, 0.2) is 17.2 Å². The average molecular weight is 651 g/mol. The number of nitrogens with two attached hydrogens (primary N) is 1. The number of aryl methyl sites for hydroxylation is 1. The number of alkyl halides is 6. The molecular weight excluding hydrogens is 622 g/mol. The number of carboxylic acid groups (broad SMARTS) is 1. The Balaban J connectivity index is 0.000000493. The number of ether oxygens (including phenoxy) is 1. The van der Waals surface area contributed by atoms with Crippen LogP contribution in [0.3, 0.4) is 0 Å². The minimum atomic E-state index is -5.08. The van der Waals surface area contributed by atoms with Gasteiger partial charge in [-0.05, 0) is 49.3 Å². The molecule has 0 radical (unpaired) electrons. The standard InChI is InChI=1S/C24H27F3N6O3S.C2HF3O2/c1-15-2-3-16(8-17(15)18-9-29-21-20(28)30-19(10-33(18)21)24(25,26)27)37(34,35)31-23-11-22(12-23,13-23)14-32-4-6-36-7-5-32;3-2(4,5)1(6)7/h2-3,8-10,31H,4-7,11-14H2,1H3,(H2,28,30);(H,6,7). The summed E-state index contributed by atoms with van der Waals surface area (Å²) in [7, 11) is -3.85. The van der Waals surface area contributed by atoms with Gasteiger partial charge in [0, 0.05) is 36.9 Å². The molecule has 1 saturated heterocycles. The molecule has 11 nitrogen and oxygen atoms in total.